The van der Waals surface area contributed by atoms with Crippen LogP contribution in [0.4, 0.5) is 0 Å². The van der Waals surface area contributed by atoms with Crippen LogP contribution in [0, 0.1) is 0 Å². The van der Waals surface area contributed by atoms with Gasteiger partial charge in [0.25, 0.3) is 0 Å². The Kier molecular flexibility index (Phi) is 4.61. The van der Waals surface area contributed by atoms with E-state index in [9.17, 15) is 4.79 Å². The third-order valence-corrected chi connectivity index (χ3v) is 4.10. The zero-order valence-electron chi connectivity index (χ0n) is 12.4. The molecule has 22 heavy (non-hydrogen) atoms. The van der Waals surface area contributed by atoms with E-state index in [4.69, 9.17) is 16.3 Å². The zero-order valence-corrected chi connectivity index (χ0v) is 13.2. The Hall–Kier alpha value is -1.63. The van der Waals surface area contributed by atoms with Gasteiger partial charge in [0, 0.05) is 31.4 Å². The minimum Gasteiger partial charge on any atom is -0.378 e. The summed E-state index contributed by atoms with van der Waals surface area (Å²) in [5.74, 6) is -0.0196. The monoisotopic (exact) mass is 322 g/mol. The van der Waals surface area contributed by atoms with E-state index < -0.39 is 0 Å². The van der Waals surface area contributed by atoms with Gasteiger partial charge in [-0.05, 0) is 12.1 Å². The number of aryl methyl sites for hydroxylation is 1. The summed E-state index contributed by atoms with van der Waals surface area (Å²) >= 11 is 6.25. The van der Waals surface area contributed by atoms with Crippen molar-refractivity contribution in [3.63, 3.8) is 0 Å². The van der Waals surface area contributed by atoms with Crippen molar-refractivity contribution >= 4 is 28.4 Å². The normalized spacial score (nSPS) is 18.5. The molecule has 2 aromatic rings. The molecule has 0 aliphatic carbocycles. The van der Waals surface area contributed by atoms with Crippen molar-refractivity contribution in [2.75, 3.05) is 19.8 Å². The van der Waals surface area contributed by atoms with Crippen molar-refractivity contribution in [2.24, 2.45) is 7.05 Å². The topological polar surface area (TPSA) is 68.2 Å². The number of morpholine rings is 1. The Morgan fingerprint density at radius 1 is 1.59 bits per heavy atom. The quantitative estimate of drug-likeness (QED) is 0.888. The van der Waals surface area contributed by atoms with Gasteiger partial charge in [-0.2, -0.15) is 5.10 Å². The number of benzene rings is 1. The molecule has 2 heterocycles. The molecule has 1 fully saturated rings. The van der Waals surface area contributed by atoms with Gasteiger partial charge in [-0.15, -0.1) is 0 Å². The van der Waals surface area contributed by atoms with Gasteiger partial charge in [0.2, 0.25) is 5.91 Å². The molecule has 0 radical (unpaired) electrons. The number of nitrogens with zero attached hydrogens (tertiary/aromatic N) is 2. The standard InChI is InChI=1S/C15H19ClN4O2/c1-20-13-4-2-3-11(16)15(13)12(19-20)8-18-14(21)7-10-9-22-6-5-17-10/h2-4,10,17H,5-9H2,1H3,(H,18,21)/t10-/m1/s1. The highest BCUT2D eigenvalue weighted by molar-refractivity contribution is 6.35. The summed E-state index contributed by atoms with van der Waals surface area (Å²) in [5.41, 5.74) is 1.74. The fourth-order valence-electron chi connectivity index (χ4n) is 2.71. The molecule has 1 aromatic carbocycles. The summed E-state index contributed by atoms with van der Waals surface area (Å²) in [7, 11) is 1.87. The maximum atomic E-state index is 12.0. The van der Waals surface area contributed by atoms with E-state index in [0.29, 0.717) is 31.2 Å². The Labute approximate surface area is 133 Å². The Morgan fingerprint density at radius 2 is 2.45 bits per heavy atom. The fourth-order valence-corrected chi connectivity index (χ4v) is 2.98. The number of amides is 1. The van der Waals surface area contributed by atoms with E-state index in [0.717, 1.165) is 23.1 Å². The Bertz CT molecular complexity index is 679. The van der Waals surface area contributed by atoms with Gasteiger partial charge in [0.1, 0.15) is 0 Å². The second kappa shape index (κ2) is 6.64. The van der Waals surface area contributed by atoms with Crippen molar-refractivity contribution in [3.05, 3.63) is 28.9 Å². The lowest BCUT2D eigenvalue weighted by molar-refractivity contribution is -0.122. The van der Waals surface area contributed by atoms with Gasteiger partial charge in [0.05, 0.1) is 36.0 Å². The highest BCUT2D eigenvalue weighted by Crippen LogP contribution is 2.26. The molecule has 1 aliphatic rings. The van der Waals surface area contributed by atoms with Crippen LogP contribution in [-0.4, -0.2) is 41.5 Å². The van der Waals surface area contributed by atoms with Crippen LogP contribution in [0.5, 0.6) is 0 Å². The number of nitrogens with one attached hydrogen (secondary N) is 2. The van der Waals surface area contributed by atoms with Crippen molar-refractivity contribution in [3.8, 4) is 0 Å². The molecule has 0 bridgehead atoms. The smallest absolute Gasteiger partial charge is 0.221 e. The summed E-state index contributed by atoms with van der Waals surface area (Å²) in [4.78, 5) is 12.0. The number of carbonyl (C=O) groups is 1. The van der Waals surface area contributed by atoms with Gasteiger partial charge < -0.3 is 15.4 Å². The lowest BCUT2D eigenvalue weighted by atomic mass is 10.2. The molecule has 1 aliphatic heterocycles. The molecular weight excluding hydrogens is 304 g/mol. The molecule has 1 amide bonds. The first-order chi connectivity index (χ1) is 10.6. The second-order valence-electron chi connectivity index (χ2n) is 5.41. The molecule has 6 nitrogen and oxygen atoms in total. The Balaban J connectivity index is 1.65. The average Bonchev–Trinajstić information content (AvgIpc) is 2.84. The molecule has 1 aromatic heterocycles. The highest BCUT2D eigenvalue weighted by Gasteiger charge is 2.18. The van der Waals surface area contributed by atoms with Gasteiger partial charge >= 0.3 is 0 Å². The number of aromatic nitrogens is 2. The Morgan fingerprint density at radius 3 is 3.23 bits per heavy atom. The number of ether oxygens (including phenoxy) is 1. The van der Waals surface area contributed by atoms with Crippen molar-refractivity contribution in [1.82, 2.24) is 20.4 Å². The molecule has 1 atom stereocenters. The number of carbonyl (C=O) groups excluding carboxylic acids is 1. The lowest BCUT2D eigenvalue weighted by Gasteiger charge is -2.23. The van der Waals surface area contributed by atoms with Crippen molar-refractivity contribution < 1.29 is 9.53 Å². The van der Waals surface area contributed by atoms with E-state index in [1.165, 1.54) is 0 Å². The number of hydrogen-bond acceptors (Lipinski definition) is 4. The van der Waals surface area contributed by atoms with Crippen LogP contribution in [-0.2, 0) is 23.1 Å². The molecule has 2 N–H and O–H groups in total. The molecule has 0 unspecified atom stereocenters. The van der Waals surface area contributed by atoms with Gasteiger partial charge in [-0.3, -0.25) is 9.48 Å². The van der Waals surface area contributed by atoms with Crippen LogP contribution in [0.15, 0.2) is 18.2 Å². The number of hydrogen-bond donors (Lipinski definition) is 2. The van der Waals surface area contributed by atoms with Crippen molar-refractivity contribution in [2.45, 2.75) is 19.0 Å². The molecule has 118 valence electrons. The predicted octanol–water partition coefficient (Wildman–Crippen LogP) is 1.22. The third-order valence-electron chi connectivity index (χ3n) is 3.78. The summed E-state index contributed by atoms with van der Waals surface area (Å²) in [5, 5.41) is 12.2. The first kappa shape index (κ1) is 15.3. The van der Waals surface area contributed by atoms with Crippen LogP contribution in [0.1, 0.15) is 12.1 Å². The van der Waals surface area contributed by atoms with Crippen LogP contribution >= 0.6 is 11.6 Å². The molecule has 0 spiro atoms. The molecule has 7 heteroatoms. The first-order valence-corrected chi connectivity index (χ1v) is 7.71. The summed E-state index contributed by atoms with van der Waals surface area (Å²) in [6.07, 6.45) is 0.401. The summed E-state index contributed by atoms with van der Waals surface area (Å²) in [6.45, 7) is 2.44. The van der Waals surface area contributed by atoms with Crippen LogP contribution in [0.3, 0.4) is 0 Å². The average molecular weight is 323 g/mol. The SMILES string of the molecule is Cn1nc(CNC(=O)C[C@@H]2COCCN2)c2c(Cl)cccc21. The van der Waals surface area contributed by atoms with E-state index in [2.05, 4.69) is 15.7 Å². The van der Waals surface area contributed by atoms with Crippen LogP contribution < -0.4 is 10.6 Å². The number of rotatable bonds is 4. The molecule has 1 saturated heterocycles. The van der Waals surface area contributed by atoms with Crippen LogP contribution in [0.2, 0.25) is 5.02 Å². The third kappa shape index (κ3) is 3.24. The largest absolute Gasteiger partial charge is 0.378 e. The second-order valence-corrected chi connectivity index (χ2v) is 5.82. The van der Waals surface area contributed by atoms with E-state index >= 15 is 0 Å². The molecular formula is C15H19ClN4O2. The zero-order chi connectivity index (χ0) is 15.5. The minimum atomic E-state index is -0.0196. The number of halogens is 1. The lowest BCUT2D eigenvalue weighted by Crippen LogP contribution is -2.44. The maximum absolute atomic E-state index is 12.0. The number of fused-ring (bicyclic) bond motifs is 1. The van der Waals surface area contributed by atoms with Crippen molar-refractivity contribution in [1.29, 1.82) is 0 Å². The van der Waals surface area contributed by atoms with E-state index in [1.54, 1.807) is 4.68 Å². The highest BCUT2D eigenvalue weighted by atomic mass is 35.5. The molecule has 3 rings (SSSR count). The maximum Gasteiger partial charge on any atom is 0.221 e. The van der Waals surface area contributed by atoms with E-state index in [1.807, 2.05) is 25.2 Å². The van der Waals surface area contributed by atoms with Crippen LogP contribution in [0.25, 0.3) is 10.9 Å². The summed E-state index contributed by atoms with van der Waals surface area (Å²) in [6, 6.07) is 5.77. The van der Waals surface area contributed by atoms with Gasteiger partial charge in [0.15, 0.2) is 0 Å². The molecule has 0 saturated carbocycles. The van der Waals surface area contributed by atoms with Gasteiger partial charge in [-0.25, -0.2) is 0 Å². The van der Waals surface area contributed by atoms with E-state index in [-0.39, 0.29) is 11.9 Å². The fraction of sp³-hybridized carbons (Fsp3) is 0.467. The minimum absolute atomic E-state index is 0.0196. The first-order valence-electron chi connectivity index (χ1n) is 7.33. The van der Waals surface area contributed by atoms with Gasteiger partial charge in [-0.1, -0.05) is 17.7 Å². The predicted molar refractivity (Wildman–Crippen MR) is 84.8 cm³/mol. The summed E-state index contributed by atoms with van der Waals surface area (Å²) < 4.78 is 7.12.